The van der Waals surface area contributed by atoms with Crippen LogP contribution in [0.5, 0.6) is 5.75 Å². The highest BCUT2D eigenvalue weighted by molar-refractivity contribution is 5.65. The van der Waals surface area contributed by atoms with E-state index in [1.165, 1.54) is 0 Å². The third-order valence-corrected chi connectivity index (χ3v) is 2.80. The first-order chi connectivity index (χ1) is 9.38. The van der Waals surface area contributed by atoms with Crippen LogP contribution in [-0.4, -0.2) is 17.3 Å². The number of para-hydroxylation sites is 1. The lowest BCUT2D eigenvalue weighted by atomic mass is 10.2. The predicted molar refractivity (Wildman–Crippen MR) is 71.7 cm³/mol. The Labute approximate surface area is 110 Å². The largest absolute Gasteiger partial charge is 0.496 e. The molecule has 1 heterocycles. The zero-order valence-corrected chi connectivity index (χ0v) is 10.4. The Balaban J connectivity index is 2.02. The smallest absolute Gasteiger partial charge is 0.262 e. The van der Waals surface area contributed by atoms with Gasteiger partial charge < -0.3 is 9.26 Å². The molecule has 0 unspecified atom stereocenters. The summed E-state index contributed by atoms with van der Waals surface area (Å²) in [5, 5.41) is 4.00. The van der Waals surface area contributed by atoms with E-state index in [9.17, 15) is 0 Å². The highest BCUT2D eigenvalue weighted by Gasteiger charge is 2.13. The summed E-state index contributed by atoms with van der Waals surface area (Å²) >= 11 is 0. The molecule has 0 saturated heterocycles. The van der Waals surface area contributed by atoms with Crippen molar-refractivity contribution in [2.45, 2.75) is 0 Å². The number of benzene rings is 2. The van der Waals surface area contributed by atoms with Gasteiger partial charge in [0.1, 0.15) is 5.75 Å². The van der Waals surface area contributed by atoms with Crippen LogP contribution in [0.15, 0.2) is 59.1 Å². The summed E-state index contributed by atoms with van der Waals surface area (Å²) in [6.07, 6.45) is 0. The second-order valence-electron chi connectivity index (χ2n) is 3.99. The molecule has 0 fully saturated rings. The van der Waals surface area contributed by atoms with Crippen molar-refractivity contribution in [1.29, 1.82) is 0 Å². The van der Waals surface area contributed by atoms with Crippen LogP contribution in [0.25, 0.3) is 22.8 Å². The minimum Gasteiger partial charge on any atom is -0.496 e. The van der Waals surface area contributed by atoms with Crippen LogP contribution in [0, 0.1) is 0 Å². The molecule has 0 atom stereocenters. The standard InChI is InChI=1S/C15H12N2O2/c1-18-13-10-6-5-9-12(13)15-16-14(17-19-15)11-7-3-2-4-8-11/h2-10H,1H3. The van der Waals surface area contributed by atoms with Gasteiger partial charge >= 0.3 is 0 Å². The van der Waals surface area contributed by atoms with Gasteiger partial charge in [0, 0.05) is 5.56 Å². The van der Waals surface area contributed by atoms with E-state index < -0.39 is 0 Å². The number of methoxy groups -OCH3 is 1. The molecule has 3 aromatic rings. The fourth-order valence-electron chi connectivity index (χ4n) is 1.86. The molecule has 0 amide bonds. The maximum absolute atomic E-state index is 5.31. The van der Waals surface area contributed by atoms with E-state index >= 15 is 0 Å². The summed E-state index contributed by atoms with van der Waals surface area (Å²) in [5.41, 5.74) is 1.71. The first kappa shape index (κ1) is 11.5. The molecule has 0 N–H and O–H groups in total. The van der Waals surface area contributed by atoms with E-state index in [4.69, 9.17) is 9.26 Å². The van der Waals surface area contributed by atoms with Crippen LogP contribution in [0.3, 0.4) is 0 Å². The maximum Gasteiger partial charge on any atom is 0.262 e. The zero-order valence-electron chi connectivity index (χ0n) is 10.4. The number of hydrogen-bond acceptors (Lipinski definition) is 4. The van der Waals surface area contributed by atoms with Crippen LogP contribution in [0.2, 0.25) is 0 Å². The molecule has 0 aliphatic heterocycles. The lowest BCUT2D eigenvalue weighted by Crippen LogP contribution is -1.87. The summed E-state index contributed by atoms with van der Waals surface area (Å²) in [4.78, 5) is 4.40. The second kappa shape index (κ2) is 4.94. The van der Waals surface area contributed by atoms with Gasteiger partial charge in [0.2, 0.25) is 5.82 Å². The topological polar surface area (TPSA) is 48.2 Å². The van der Waals surface area contributed by atoms with Crippen LogP contribution in [-0.2, 0) is 0 Å². The molecule has 19 heavy (non-hydrogen) atoms. The van der Waals surface area contributed by atoms with Crippen molar-refractivity contribution < 1.29 is 9.26 Å². The molecule has 0 aliphatic carbocycles. The average molecular weight is 252 g/mol. The van der Waals surface area contributed by atoms with Gasteiger partial charge in [-0.1, -0.05) is 47.6 Å². The van der Waals surface area contributed by atoms with Crippen molar-refractivity contribution in [3.05, 3.63) is 54.6 Å². The first-order valence-corrected chi connectivity index (χ1v) is 5.91. The third kappa shape index (κ3) is 2.20. The average Bonchev–Trinajstić information content (AvgIpc) is 2.98. The van der Waals surface area contributed by atoms with E-state index in [2.05, 4.69) is 10.1 Å². The van der Waals surface area contributed by atoms with Crippen molar-refractivity contribution in [3.8, 4) is 28.6 Å². The molecule has 94 valence electrons. The van der Waals surface area contributed by atoms with Crippen molar-refractivity contribution in [3.63, 3.8) is 0 Å². The van der Waals surface area contributed by atoms with E-state index in [1.54, 1.807) is 7.11 Å². The summed E-state index contributed by atoms with van der Waals surface area (Å²) in [7, 11) is 1.62. The van der Waals surface area contributed by atoms with Crippen molar-refractivity contribution in [2.24, 2.45) is 0 Å². The van der Waals surface area contributed by atoms with Gasteiger partial charge in [-0.15, -0.1) is 0 Å². The van der Waals surface area contributed by atoms with Gasteiger partial charge in [0.05, 0.1) is 12.7 Å². The SMILES string of the molecule is COc1ccccc1-c1nc(-c2ccccc2)no1. The van der Waals surface area contributed by atoms with Gasteiger partial charge in [-0.3, -0.25) is 0 Å². The fraction of sp³-hybridized carbons (Fsp3) is 0.0667. The predicted octanol–water partition coefficient (Wildman–Crippen LogP) is 3.41. The Morgan fingerprint density at radius 1 is 0.947 bits per heavy atom. The van der Waals surface area contributed by atoms with E-state index in [0.717, 1.165) is 11.1 Å². The molecular weight excluding hydrogens is 240 g/mol. The molecular formula is C15H12N2O2. The van der Waals surface area contributed by atoms with Crippen molar-refractivity contribution in [2.75, 3.05) is 7.11 Å². The second-order valence-corrected chi connectivity index (χ2v) is 3.99. The zero-order chi connectivity index (χ0) is 13.1. The molecule has 0 aliphatic rings. The highest BCUT2D eigenvalue weighted by Crippen LogP contribution is 2.29. The van der Waals surface area contributed by atoms with Crippen LogP contribution in [0.4, 0.5) is 0 Å². The lowest BCUT2D eigenvalue weighted by Gasteiger charge is -2.02. The van der Waals surface area contributed by atoms with Gasteiger partial charge in [0.15, 0.2) is 0 Å². The van der Waals surface area contributed by atoms with Gasteiger partial charge in [-0.05, 0) is 12.1 Å². The molecule has 1 aromatic heterocycles. The van der Waals surface area contributed by atoms with Gasteiger partial charge in [-0.25, -0.2) is 0 Å². The molecule has 3 rings (SSSR count). The Kier molecular flexibility index (Phi) is 2.98. The molecule has 4 nitrogen and oxygen atoms in total. The Hall–Kier alpha value is -2.62. The Morgan fingerprint density at radius 3 is 2.47 bits per heavy atom. The molecule has 0 bridgehead atoms. The van der Waals surface area contributed by atoms with E-state index in [-0.39, 0.29) is 0 Å². The van der Waals surface area contributed by atoms with Gasteiger partial charge in [-0.2, -0.15) is 4.98 Å². The number of ether oxygens (including phenoxy) is 1. The maximum atomic E-state index is 5.31. The molecule has 2 aromatic carbocycles. The molecule has 0 spiro atoms. The van der Waals surface area contributed by atoms with Crippen LogP contribution in [0.1, 0.15) is 0 Å². The summed E-state index contributed by atoms with van der Waals surface area (Å²) in [5.74, 6) is 1.74. The van der Waals surface area contributed by atoms with Gasteiger partial charge in [0.25, 0.3) is 5.89 Å². The number of nitrogens with zero attached hydrogens (tertiary/aromatic N) is 2. The third-order valence-electron chi connectivity index (χ3n) is 2.80. The molecule has 4 heteroatoms. The fourth-order valence-corrected chi connectivity index (χ4v) is 1.86. The quantitative estimate of drug-likeness (QED) is 0.716. The van der Waals surface area contributed by atoms with Crippen molar-refractivity contribution in [1.82, 2.24) is 10.1 Å². The van der Waals surface area contributed by atoms with Crippen LogP contribution < -0.4 is 4.74 Å². The van der Waals surface area contributed by atoms with E-state index in [0.29, 0.717) is 17.5 Å². The van der Waals surface area contributed by atoms with E-state index in [1.807, 2.05) is 54.6 Å². The Morgan fingerprint density at radius 2 is 1.68 bits per heavy atom. The molecule has 0 radical (unpaired) electrons. The number of aromatic nitrogens is 2. The minimum atomic E-state index is 0.455. The number of rotatable bonds is 3. The highest BCUT2D eigenvalue weighted by atomic mass is 16.5. The molecule has 0 saturated carbocycles. The van der Waals surface area contributed by atoms with Crippen molar-refractivity contribution >= 4 is 0 Å². The monoisotopic (exact) mass is 252 g/mol. The summed E-state index contributed by atoms with van der Waals surface area (Å²) < 4.78 is 10.6. The lowest BCUT2D eigenvalue weighted by molar-refractivity contribution is 0.405. The number of hydrogen-bond donors (Lipinski definition) is 0. The minimum absolute atomic E-state index is 0.455. The van der Waals surface area contributed by atoms with Crippen LogP contribution >= 0.6 is 0 Å². The summed E-state index contributed by atoms with van der Waals surface area (Å²) in [6.45, 7) is 0. The first-order valence-electron chi connectivity index (χ1n) is 5.91. The Bertz CT molecular complexity index is 677. The normalized spacial score (nSPS) is 10.4. The summed E-state index contributed by atoms with van der Waals surface area (Å²) in [6, 6.07) is 17.3.